The zero-order chi connectivity index (χ0) is 27.5. The predicted molar refractivity (Wildman–Crippen MR) is 155 cm³/mol. The van der Waals surface area contributed by atoms with Gasteiger partial charge in [-0.3, -0.25) is 5.41 Å². The van der Waals surface area contributed by atoms with Gasteiger partial charge in [0.2, 0.25) is 5.90 Å². The second kappa shape index (κ2) is 11.3. The lowest BCUT2D eigenvalue weighted by molar-refractivity contribution is 0.309. The molecule has 0 aromatic carbocycles. The molecule has 3 aromatic heterocycles. The summed E-state index contributed by atoms with van der Waals surface area (Å²) < 4.78 is 6.65. The molecule has 0 spiro atoms. The van der Waals surface area contributed by atoms with Gasteiger partial charge in [0.1, 0.15) is 11.9 Å². The zero-order valence-electron chi connectivity index (χ0n) is 22.9. The summed E-state index contributed by atoms with van der Waals surface area (Å²) in [5.74, 6) is 2.84. The van der Waals surface area contributed by atoms with E-state index in [0.717, 1.165) is 67.2 Å². The van der Waals surface area contributed by atoms with Crippen molar-refractivity contribution in [2.24, 2.45) is 17.8 Å². The summed E-state index contributed by atoms with van der Waals surface area (Å²) in [6.07, 6.45) is 11.5. The van der Waals surface area contributed by atoms with Crippen LogP contribution in [-0.4, -0.2) is 59.5 Å². The van der Waals surface area contributed by atoms with Gasteiger partial charge in [0.25, 0.3) is 0 Å². The number of nitriles is 1. The average Bonchev–Trinajstić information content (AvgIpc) is 3.34. The second-order valence-corrected chi connectivity index (χ2v) is 11.0. The van der Waals surface area contributed by atoms with E-state index in [4.69, 9.17) is 20.5 Å². The van der Waals surface area contributed by atoms with E-state index in [1.807, 2.05) is 16.9 Å². The summed E-state index contributed by atoms with van der Waals surface area (Å²) in [6, 6.07) is 8.64. The fourth-order valence-electron chi connectivity index (χ4n) is 5.45. The van der Waals surface area contributed by atoms with Crippen molar-refractivity contribution < 1.29 is 4.74 Å². The first-order chi connectivity index (χ1) is 18.9. The lowest BCUT2D eigenvalue weighted by atomic mass is 9.88. The number of hydrogen-bond acceptors (Lipinski definition) is 8. The third-order valence-corrected chi connectivity index (χ3v) is 8.10. The number of nitrogens with zero attached hydrogens (tertiary/aromatic N) is 6. The molecular formula is C30H36N8O. The van der Waals surface area contributed by atoms with Gasteiger partial charge in [-0.05, 0) is 61.3 Å². The van der Waals surface area contributed by atoms with E-state index in [2.05, 4.69) is 53.0 Å². The number of fused-ring (bicyclic) bond motifs is 1. The minimum atomic E-state index is 0.0638. The maximum Gasteiger partial charge on any atom is 0.205 e. The van der Waals surface area contributed by atoms with Gasteiger partial charge in [-0.25, -0.2) is 9.50 Å². The summed E-state index contributed by atoms with van der Waals surface area (Å²) in [5.41, 5.74) is 4.97. The van der Waals surface area contributed by atoms with E-state index in [1.54, 1.807) is 12.3 Å². The molecule has 2 aliphatic rings. The number of hydrogen-bond donors (Lipinski definition) is 2. The van der Waals surface area contributed by atoms with Gasteiger partial charge >= 0.3 is 0 Å². The molecule has 2 saturated heterocycles. The van der Waals surface area contributed by atoms with Crippen molar-refractivity contribution in [2.45, 2.75) is 33.1 Å². The van der Waals surface area contributed by atoms with Crippen LogP contribution in [0.3, 0.4) is 0 Å². The Morgan fingerprint density at radius 1 is 1.15 bits per heavy atom. The van der Waals surface area contributed by atoms with Gasteiger partial charge < -0.3 is 19.9 Å². The van der Waals surface area contributed by atoms with Crippen LogP contribution in [0, 0.1) is 39.9 Å². The number of nitrogens with one attached hydrogen (secondary N) is 2. The molecule has 9 nitrogen and oxygen atoms in total. The Bertz CT molecular complexity index is 1420. The molecule has 0 unspecified atom stereocenters. The van der Waals surface area contributed by atoms with Crippen LogP contribution in [0.5, 0.6) is 0 Å². The Balaban J connectivity index is 1.29. The van der Waals surface area contributed by atoms with Crippen molar-refractivity contribution in [1.82, 2.24) is 14.6 Å². The smallest absolute Gasteiger partial charge is 0.205 e. The molecule has 39 heavy (non-hydrogen) atoms. The molecule has 0 aliphatic carbocycles. The molecule has 2 fully saturated rings. The number of anilines is 2. The SMILES string of the molecule is COC(=N)/C=C\C(=N)CC1CCN(c2ccc(-c3cc(N4CC(C(C)C)C4)cn4ncc(C#N)c34)cn2)CC1. The second-order valence-electron chi connectivity index (χ2n) is 11.0. The van der Waals surface area contributed by atoms with Gasteiger partial charge in [0.05, 0.1) is 36.3 Å². The maximum atomic E-state index is 9.72. The average molecular weight is 525 g/mol. The standard InChI is InChI=1S/C30H36N8O/c1-20(2)24-17-37(18-24)26-13-27(30-23(14-31)16-35-38(30)19-26)22-4-7-29(34-15-22)36-10-8-21(9-11-36)12-25(32)5-6-28(33)39-3/h4-7,13,15-16,19-21,24,32-33H,8-12,17-18H2,1-3H3/b6-5-,32-25?,33-28?. The first-order valence-corrected chi connectivity index (χ1v) is 13.6. The van der Waals surface area contributed by atoms with Crippen molar-refractivity contribution in [3.05, 3.63) is 54.5 Å². The molecule has 0 saturated carbocycles. The van der Waals surface area contributed by atoms with Crippen LogP contribution in [0.15, 0.2) is 48.9 Å². The number of pyridine rings is 2. The molecule has 0 radical (unpaired) electrons. The summed E-state index contributed by atoms with van der Waals surface area (Å²) in [5, 5.41) is 29.9. The molecular weight excluding hydrogens is 488 g/mol. The van der Waals surface area contributed by atoms with E-state index >= 15 is 0 Å². The fraction of sp³-hybridized carbons (Fsp3) is 0.433. The maximum absolute atomic E-state index is 9.72. The first kappa shape index (κ1) is 26.4. The molecule has 5 heterocycles. The molecule has 0 bridgehead atoms. The Morgan fingerprint density at radius 3 is 2.56 bits per heavy atom. The lowest BCUT2D eigenvalue weighted by Crippen LogP contribution is -2.49. The third-order valence-electron chi connectivity index (χ3n) is 8.10. The van der Waals surface area contributed by atoms with Crippen LogP contribution in [0.2, 0.25) is 0 Å². The van der Waals surface area contributed by atoms with Crippen LogP contribution >= 0.6 is 0 Å². The van der Waals surface area contributed by atoms with Crippen LogP contribution in [0.4, 0.5) is 11.5 Å². The quantitative estimate of drug-likeness (QED) is 0.310. The molecule has 9 heteroatoms. The van der Waals surface area contributed by atoms with E-state index in [0.29, 0.717) is 35.4 Å². The van der Waals surface area contributed by atoms with E-state index < -0.39 is 0 Å². The molecule has 3 aromatic rings. The summed E-state index contributed by atoms with van der Waals surface area (Å²) in [7, 11) is 1.46. The Labute approximate surface area is 229 Å². The Hall–Kier alpha value is -4.19. The fourth-order valence-corrected chi connectivity index (χ4v) is 5.45. The van der Waals surface area contributed by atoms with E-state index in [1.165, 1.54) is 13.2 Å². The van der Waals surface area contributed by atoms with E-state index in [-0.39, 0.29) is 5.90 Å². The van der Waals surface area contributed by atoms with Gasteiger partial charge in [-0.2, -0.15) is 10.4 Å². The van der Waals surface area contributed by atoms with Gasteiger partial charge in [-0.1, -0.05) is 13.8 Å². The molecule has 5 rings (SSSR count). The van der Waals surface area contributed by atoms with E-state index in [9.17, 15) is 5.26 Å². The highest BCUT2D eigenvalue weighted by Gasteiger charge is 2.30. The highest BCUT2D eigenvalue weighted by molar-refractivity contribution is 5.98. The van der Waals surface area contributed by atoms with Crippen molar-refractivity contribution in [2.75, 3.05) is 43.1 Å². The number of piperidine rings is 1. The van der Waals surface area contributed by atoms with Crippen LogP contribution in [0.1, 0.15) is 38.7 Å². The van der Waals surface area contributed by atoms with Gasteiger partial charge in [0, 0.05) is 55.3 Å². The summed E-state index contributed by atoms with van der Waals surface area (Å²) in [4.78, 5) is 9.51. The molecule has 202 valence electrons. The number of rotatable bonds is 8. The number of aromatic nitrogens is 3. The van der Waals surface area contributed by atoms with Crippen LogP contribution < -0.4 is 9.80 Å². The van der Waals surface area contributed by atoms with Crippen LogP contribution in [-0.2, 0) is 4.74 Å². The summed E-state index contributed by atoms with van der Waals surface area (Å²) >= 11 is 0. The highest BCUT2D eigenvalue weighted by Crippen LogP contribution is 2.35. The van der Waals surface area contributed by atoms with Gasteiger partial charge in [0.15, 0.2) is 0 Å². The Morgan fingerprint density at radius 2 is 1.92 bits per heavy atom. The molecule has 0 atom stereocenters. The van der Waals surface area contributed by atoms with Gasteiger partial charge in [-0.15, -0.1) is 0 Å². The predicted octanol–water partition coefficient (Wildman–Crippen LogP) is 5.17. The van der Waals surface area contributed by atoms with Crippen LogP contribution in [0.25, 0.3) is 16.6 Å². The highest BCUT2D eigenvalue weighted by atomic mass is 16.5. The van der Waals surface area contributed by atoms with Crippen molar-refractivity contribution in [1.29, 1.82) is 16.1 Å². The Kier molecular flexibility index (Phi) is 7.64. The lowest BCUT2D eigenvalue weighted by Gasteiger charge is -2.43. The summed E-state index contributed by atoms with van der Waals surface area (Å²) in [6.45, 7) is 8.42. The monoisotopic (exact) mass is 524 g/mol. The van der Waals surface area contributed by atoms with Crippen molar-refractivity contribution in [3.63, 3.8) is 0 Å². The first-order valence-electron chi connectivity index (χ1n) is 13.6. The number of ether oxygens (including phenoxy) is 1. The number of methoxy groups -OCH3 is 1. The molecule has 2 aliphatic heterocycles. The molecule has 2 N–H and O–H groups in total. The molecule has 0 amide bonds. The normalized spacial score (nSPS) is 16.6. The minimum Gasteiger partial charge on any atom is -0.481 e. The topological polar surface area (TPSA) is 117 Å². The largest absolute Gasteiger partial charge is 0.481 e. The third kappa shape index (κ3) is 5.65. The minimum absolute atomic E-state index is 0.0638. The zero-order valence-corrected chi connectivity index (χ0v) is 22.9. The number of allylic oxidation sites excluding steroid dienone is 1. The van der Waals surface area contributed by atoms with Crippen molar-refractivity contribution >= 4 is 28.6 Å². The van der Waals surface area contributed by atoms with Crippen molar-refractivity contribution in [3.8, 4) is 17.2 Å².